The lowest BCUT2D eigenvalue weighted by molar-refractivity contribution is 0.153. The number of hydrogen-bond acceptors (Lipinski definition) is 1. The summed E-state index contributed by atoms with van der Waals surface area (Å²) in [4.78, 5) is 0. The van der Waals surface area contributed by atoms with Crippen molar-refractivity contribution >= 4 is 0 Å². The SMILES string of the molecule is C=C/C=C(/OC(C)C)C(=C)CC(=C)C. The van der Waals surface area contributed by atoms with E-state index in [0.29, 0.717) is 0 Å². The molecule has 78 valence electrons. The molecular weight excluding hydrogens is 172 g/mol. The van der Waals surface area contributed by atoms with Crippen molar-refractivity contribution in [3.8, 4) is 0 Å². The molecule has 0 bridgehead atoms. The van der Waals surface area contributed by atoms with E-state index in [0.717, 1.165) is 23.3 Å². The molecule has 0 N–H and O–H groups in total. The van der Waals surface area contributed by atoms with Crippen LogP contribution in [0.1, 0.15) is 27.2 Å². The number of hydrogen-bond donors (Lipinski definition) is 0. The van der Waals surface area contributed by atoms with E-state index in [1.807, 2.05) is 26.8 Å². The third kappa shape index (κ3) is 5.41. The first-order valence-corrected chi connectivity index (χ1v) is 4.79. The maximum atomic E-state index is 5.60. The summed E-state index contributed by atoms with van der Waals surface area (Å²) in [5.74, 6) is 0.804. The maximum Gasteiger partial charge on any atom is 0.122 e. The average molecular weight is 192 g/mol. The molecule has 0 aliphatic rings. The Kier molecular flexibility index (Phi) is 5.70. The second-order valence-electron chi connectivity index (χ2n) is 3.67. The van der Waals surface area contributed by atoms with Gasteiger partial charge in [0.1, 0.15) is 5.76 Å². The predicted octanol–water partition coefficient (Wildman–Crippen LogP) is 4.00. The fourth-order valence-corrected chi connectivity index (χ4v) is 1.05. The molecule has 1 nitrogen and oxygen atoms in total. The highest BCUT2D eigenvalue weighted by molar-refractivity contribution is 5.29. The van der Waals surface area contributed by atoms with Gasteiger partial charge in [0.15, 0.2) is 0 Å². The van der Waals surface area contributed by atoms with Gasteiger partial charge in [0.2, 0.25) is 0 Å². The van der Waals surface area contributed by atoms with Gasteiger partial charge in [-0.05, 0) is 38.8 Å². The highest BCUT2D eigenvalue weighted by atomic mass is 16.5. The summed E-state index contributed by atoms with van der Waals surface area (Å²) >= 11 is 0. The van der Waals surface area contributed by atoms with Crippen LogP contribution < -0.4 is 0 Å². The van der Waals surface area contributed by atoms with Gasteiger partial charge in [-0.3, -0.25) is 0 Å². The molecule has 0 aromatic heterocycles. The molecule has 0 spiro atoms. The summed E-state index contributed by atoms with van der Waals surface area (Å²) in [7, 11) is 0. The van der Waals surface area contributed by atoms with Crippen molar-refractivity contribution in [2.24, 2.45) is 0 Å². The van der Waals surface area contributed by atoms with Gasteiger partial charge < -0.3 is 4.74 Å². The topological polar surface area (TPSA) is 9.23 Å². The van der Waals surface area contributed by atoms with Crippen molar-refractivity contribution in [2.75, 3.05) is 0 Å². The highest BCUT2D eigenvalue weighted by Crippen LogP contribution is 2.18. The minimum Gasteiger partial charge on any atom is -0.491 e. The molecule has 0 atom stereocenters. The lowest BCUT2D eigenvalue weighted by atomic mass is 10.1. The van der Waals surface area contributed by atoms with Gasteiger partial charge in [-0.1, -0.05) is 31.4 Å². The Morgan fingerprint density at radius 2 is 1.93 bits per heavy atom. The van der Waals surface area contributed by atoms with Crippen LogP contribution in [0.2, 0.25) is 0 Å². The normalized spacial score (nSPS) is 11.3. The molecule has 0 aromatic carbocycles. The summed E-state index contributed by atoms with van der Waals surface area (Å²) in [6, 6.07) is 0. The van der Waals surface area contributed by atoms with E-state index in [1.54, 1.807) is 6.08 Å². The zero-order valence-corrected chi connectivity index (χ0v) is 9.47. The molecule has 0 heterocycles. The van der Waals surface area contributed by atoms with Crippen LogP contribution in [0.25, 0.3) is 0 Å². The minimum atomic E-state index is 0.156. The molecule has 0 saturated heterocycles. The Balaban J connectivity index is 4.50. The Hall–Kier alpha value is -1.24. The summed E-state index contributed by atoms with van der Waals surface area (Å²) in [5, 5.41) is 0. The third-order valence-electron chi connectivity index (χ3n) is 1.50. The van der Waals surface area contributed by atoms with Crippen molar-refractivity contribution in [2.45, 2.75) is 33.3 Å². The smallest absolute Gasteiger partial charge is 0.122 e. The molecule has 0 aromatic rings. The molecule has 0 aliphatic carbocycles. The third-order valence-corrected chi connectivity index (χ3v) is 1.50. The highest BCUT2D eigenvalue weighted by Gasteiger charge is 2.05. The van der Waals surface area contributed by atoms with Crippen LogP contribution >= 0.6 is 0 Å². The summed E-state index contributed by atoms with van der Waals surface area (Å²) in [6.45, 7) is 17.4. The molecule has 0 saturated carbocycles. The Morgan fingerprint density at radius 3 is 2.29 bits per heavy atom. The van der Waals surface area contributed by atoms with E-state index < -0.39 is 0 Å². The monoisotopic (exact) mass is 192 g/mol. The van der Waals surface area contributed by atoms with Gasteiger partial charge >= 0.3 is 0 Å². The van der Waals surface area contributed by atoms with Gasteiger partial charge in [-0.2, -0.15) is 0 Å². The van der Waals surface area contributed by atoms with Crippen LogP contribution in [0.5, 0.6) is 0 Å². The van der Waals surface area contributed by atoms with E-state index >= 15 is 0 Å². The fourth-order valence-electron chi connectivity index (χ4n) is 1.05. The van der Waals surface area contributed by atoms with Crippen molar-refractivity contribution in [1.29, 1.82) is 0 Å². The second-order valence-corrected chi connectivity index (χ2v) is 3.67. The van der Waals surface area contributed by atoms with Gasteiger partial charge in [-0.25, -0.2) is 0 Å². The number of ether oxygens (including phenoxy) is 1. The zero-order chi connectivity index (χ0) is 11.1. The summed E-state index contributed by atoms with van der Waals surface area (Å²) < 4.78 is 5.60. The molecule has 0 rings (SSSR count). The zero-order valence-electron chi connectivity index (χ0n) is 9.47. The van der Waals surface area contributed by atoms with Crippen molar-refractivity contribution < 1.29 is 4.74 Å². The average Bonchev–Trinajstić information content (AvgIpc) is 2.01. The number of rotatable bonds is 6. The quantitative estimate of drug-likeness (QED) is 0.351. The van der Waals surface area contributed by atoms with E-state index in [4.69, 9.17) is 4.74 Å². The fraction of sp³-hybridized carbons (Fsp3) is 0.385. The molecule has 0 unspecified atom stereocenters. The first-order valence-electron chi connectivity index (χ1n) is 4.79. The Bertz CT molecular complexity index is 256. The van der Waals surface area contributed by atoms with Crippen LogP contribution in [0.4, 0.5) is 0 Å². The summed E-state index contributed by atoms with van der Waals surface area (Å²) in [5.41, 5.74) is 2.03. The van der Waals surface area contributed by atoms with Crippen LogP contribution in [-0.4, -0.2) is 6.10 Å². The van der Waals surface area contributed by atoms with Crippen molar-refractivity contribution in [3.63, 3.8) is 0 Å². The molecule has 0 radical (unpaired) electrons. The van der Waals surface area contributed by atoms with Crippen LogP contribution in [-0.2, 0) is 4.74 Å². The predicted molar refractivity (Wildman–Crippen MR) is 63.1 cm³/mol. The first kappa shape index (κ1) is 12.8. The standard InChI is InChI=1S/C13H20O/c1-7-8-13(14-11(4)5)12(6)9-10(2)3/h7-8,11H,1-2,6,9H2,3-5H3/b13-8+. The molecular formula is C13H20O. The number of allylic oxidation sites excluding steroid dienone is 4. The van der Waals surface area contributed by atoms with Crippen LogP contribution in [0, 0.1) is 0 Å². The first-order chi connectivity index (χ1) is 6.47. The molecule has 0 fully saturated rings. The van der Waals surface area contributed by atoms with E-state index in [-0.39, 0.29) is 6.10 Å². The van der Waals surface area contributed by atoms with E-state index in [9.17, 15) is 0 Å². The van der Waals surface area contributed by atoms with Gasteiger partial charge in [0.05, 0.1) is 6.10 Å². The lowest BCUT2D eigenvalue weighted by Crippen LogP contribution is -2.04. The van der Waals surface area contributed by atoms with Crippen molar-refractivity contribution in [1.82, 2.24) is 0 Å². The Morgan fingerprint density at radius 1 is 1.36 bits per heavy atom. The van der Waals surface area contributed by atoms with Crippen LogP contribution in [0.15, 0.2) is 48.8 Å². The Labute approximate surface area is 87.5 Å². The van der Waals surface area contributed by atoms with Gasteiger partial charge in [0, 0.05) is 0 Å². The maximum absolute atomic E-state index is 5.60. The largest absolute Gasteiger partial charge is 0.491 e. The van der Waals surface area contributed by atoms with E-state index in [2.05, 4.69) is 19.7 Å². The molecule has 0 aliphatic heterocycles. The second kappa shape index (κ2) is 6.25. The van der Waals surface area contributed by atoms with E-state index in [1.165, 1.54) is 0 Å². The minimum absolute atomic E-state index is 0.156. The van der Waals surface area contributed by atoms with Crippen molar-refractivity contribution in [3.05, 3.63) is 48.8 Å². The summed E-state index contributed by atoms with van der Waals surface area (Å²) in [6.07, 6.45) is 4.47. The van der Waals surface area contributed by atoms with Gasteiger partial charge in [-0.15, -0.1) is 0 Å². The molecule has 0 amide bonds. The van der Waals surface area contributed by atoms with Crippen LogP contribution in [0.3, 0.4) is 0 Å². The van der Waals surface area contributed by atoms with Gasteiger partial charge in [0.25, 0.3) is 0 Å². The molecule has 1 heteroatoms. The lowest BCUT2D eigenvalue weighted by Gasteiger charge is -2.15. The molecule has 14 heavy (non-hydrogen) atoms.